The maximum absolute atomic E-state index is 11.9. The fourth-order valence-electron chi connectivity index (χ4n) is 2.17. The molecule has 0 spiro atoms. The molecule has 0 saturated heterocycles. The molecular formula is C16H21NO4. The Kier molecular flexibility index (Phi) is 4.83. The highest BCUT2D eigenvalue weighted by Gasteiger charge is 2.29. The van der Waals surface area contributed by atoms with Crippen LogP contribution < -0.4 is 10.1 Å². The molecular weight excluding hydrogens is 270 g/mol. The van der Waals surface area contributed by atoms with E-state index in [0.29, 0.717) is 17.2 Å². The first kappa shape index (κ1) is 15.4. The van der Waals surface area contributed by atoms with Gasteiger partial charge in [-0.15, -0.1) is 0 Å². The number of aryl methyl sites for hydroxylation is 1. The summed E-state index contributed by atoms with van der Waals surface area (Å²) in [7, 11) is 1.55. The Labute approximate surface area is 124 Å². The molecule has 114 valence electrons. The normalized spacial score (nSPS) is 15.2. The Morgan fingerprint density at radius 3 is 2.71 bits per heavy atom. The molecule has 5 nitrogen and oxygen atoms in total. The Morgan fingerprint density at radius 1 is 1.38 bits per heavy atom. The molecule has 0 bridgehead atoms. The molecule has 1 amide bonds. The molecule has 5 heteroatoms. The van der Waals surface area contributed by atoms with Crippen molar-refractivity contribution in [1.82, 2.24) is 5.32 Å². The third-order valence-corrected chi connectivity index (χ3v) is 3.70. The van der Waals surface area contributed by atoms with Crippen LogP contribution in [0, 0.1) is 12.8 Å². The van der Waals surface area contributed by atoms with Crippen molar-refractivity contribution in [1.29, 1.82) is 0 Å². The maximum atomic E-state index is 11.9. The van der Waals surface area contributed by atoms with E-state index in [1.54, 1.807) is 25.3 Å². The lowest BCUT2D eigenvalue weighted by molar-refractivity contribution is -0.124. The molecule has 1 N–H and O–H groups in total. The van der Waals surface area contributed by atoms with Gasteiger partial charge in [0.15, 0.2) is 6.61 Å². The van der Waals surface area contributed by atoms with Gasteiger partial charge in [-0.2, -0.15) is 0 Å². The second kappa shape index (κ2) is 6.61. The van der Waals surface area contributed by atoms with Crippen LogP contribution in [0.3, 0.4) is 0 Å². The predicted molar refractivity (Wildman–Crippen MR) is 78.3 cm³/mol. The molecule has 0 heterocycles. The summed E-state index contributed by atoms with van der Waals surface area (Å²) in [4.78, 5) is 23.6. The minimum Gasteiger partial charge on any atom is -0.496 e. The predicted octanol–water partition coefficient (Wildman–Crippen LogP) is 2.08. The molecule has 1 aliphatic rings. The van der Waals surface area contributed by atoms with E-state index < -0.39 is 5.97 Å². The van der Waals surface area contributed by atoms with Gasteiger partial charge in [-0.3, -0.25) is 4.79 Å². The summed E-state index contributed by atoms with van der Waals surface area (Å²) in [5, 5.41) is 2.84. The summed E-state index contributed by atoms with van der Waals surface area (Å²) in [6.45, 7) is 3.61. The quantitative estimate of drug-likeness (QED) is 0.815. The molecule has 0 aliphatic heterocycles. The number of hydrogen-bond acceptors (Lipinski definition) is 4. The average Bonchev–Trinajstić information content (AvgIpc) is 3.29. The lowest BCUT2D eigenvalue weighted by atomic mass is 10.1. The van der Waals surface area contributed by atoms with Gasteiger partial charge in [0.1, 0.15) is 5.75 Å². The molecule has 0 aromatic heterocycles. The number of carbonyl (C=O) groups is 2. The Bertz CT molecular complexity index is 537. The van der Waals surface area contributed by atoms with Gasteiger partial charge in [-0.25, -0.2) is 4.79 Å². The maximum Gasteiger partial charge on any atom is 0.338 e. The zero-order valence-electron chi connectivity index (χ0n) is 12.6. The number of ether oxygens (including phenoxy) is 2. The third kappa shape index (κ3) is 4.21. The van der Waals surface area contributed by atoms with E-state index in [9.17, 15) is 9.59 Å². The Balaban J connectivity index is 1.84. The van der Waals surface area contributed by atoms with Crippen molar-refractivity contribution < 1.29 is 19.1 Å². The third-order valence-electron chi connectivity index (χ3n) is 3.70. The summed E-state index contributed by atoms with van der Waals surface area (Å²) in [5.74, 6) is 0.409. The zero-order chi connectivity index (χ0) is 15.4. The van der Waals surface area contributed by atoms with Crippen molar-refractivity contribution in [3.63, 3.8) is 0 Å². The van der Waals surface area contributed by atoms with Crippen LogP contribution in [0.5, 0.6) is 5.75 Å². The summed E-state index contributed by atoms with van der Waals surface area (Å²) in [6.07, 6.45) is 2.31. The van der Waals surface area contributed by atoms with E-state index in [1.807, 2.05) is 13.8 Å². The van der Waals surface area contributed by atoms with Gasteiger partial charge in [0.2, 0.25) is 0 Å². The van der Waals surface area contributed by atoms with Gasteiger partial charge in [0, 0.05) is 6.04 Å². The highest BCUT2D eigenvalue weighted by atomic mass is 16.5. The van der Waals surface area contributed by atoms with Crippen LogP contribution in [0.15, 0.2) is 18.2 Å². The van der Waals surface area contributed by atoms with Crippen molar-refractivity contribution in [2.24, 2.45) is 5.92 Å². The van der Waals surface area contributed by atoms with Crippen LogP contribution in [-0.4, -0.2) is 31.6 Å². The number of hydrogen-bond donors (Lipinski definition) is 1. The van der Waals surface area contributed by atoms with Crippen LogP contribution in [0.4, 0.5) is 0 Å². The summed E-state index contributed by atoms with van der Waals surface area (Å²) in [5.41, 5.74) is 1.31. The number of esters is 1. The molecule has 1 atom stereocenters. The minimum absolute atomic E-state index is 0.149. The van der Waals surface area contributed by atoms with Crippen LogP contribution in [-0.2, 0) is 9.53 Å². The molecule has 1 aromatic carbocycles. The smallest absolute Gasteiger partial charge is 0.338 e. The van der Waals surface area contributed by atoms with E-state index in [1.165, 1.54) is 0 Å². The van der Waals surface area contributed by atoms with E-state index in [2.05, 4.69) is 5.32 Å². The molecule has 1 aliphatic carbocycles. The summed E-state index contributed by atoms with van der Waals surface area (Å²) >= 11 is 0. The van der Waals surface area contributed by atoms with E-state index in [0.717, 1.165) is 18.4 Å². The molecule has 21 heavy (non-hydrogen) atoms. The lowest BCUT2D eigenvalue weighted by Crippen LogP contribution is -2.37. The first-order valence-corrected chi connectivity index (χ1v) is 7.12. The molecule has 0 radical (unpaired) electrons. The Morgan fingerprint density at radius 2 is 2.10 bits per heavy atom. The van der Waals surface area contributed by atoms with Gasteiger partial charge >= 0.3 is 5.97 Å². The van der Waals surface area contributed by atoms with Gasteiger partial charge in [0.05, 0.1) is 12.7 Å². The number of nitrogens with one attached hydrogen (secondary N) is 1. The molecule has 0 unspecified atom stereocenters. The number of amides is 1. The van der Waals surface area contributed by atoms with Crippen LogP contribution in [0.1, 0.15) is 35.7 Å². The number of rotatable bonds is 6. The SMILES string of the molecule is COc1cc(C(=O)OCC(=O)N[C@@H](C)C2CC2)ccc1C. The topological polar surface area (TPSA) is 64.6 Å². The molecule has 2 rings (SSSR count). The van der Waals surface area contributed by atoms with Crippen molar-refractivity contribution in [2.75, 3.05) is 13.7 Å². The largest absolute Gasteiger partial charge is 0.496 e. The van der Waals surface area contributed by atoms with Crippen LogP contribution in [0.2, 0.25) is 0 Å². The van der Waals surface area contributed by atoms with Crippen molar-refractivity contribution in [3.8, 4) is 5.75 Å². The average molecular weight is 291 g/mol. The van der Waals surface area contributed by atoms with Gasteiger partial charge < -0.3 is 14.8 Å². The monoisotopic (exact) mass is 291 g/mol. The van der Waals surface area contributed by atoms with Crippen LogP contribution >= 0.6 is 0 Å². The van der Waals surface area contributed by atoms with Gasteiger partial charge in [-0.05, 0) is 50.3 Å². The summed E-state index contributed by atoms with van der Waals surface area (Å²) < 4.78 is 10.2. The zero-order valence-corrected chi connectivity index (χ0v) is 12.6. The fourth-order valence-corrected chi connectivity index (χ4v) is 2.17. The first-order chi connectivity index (χ1) is 10.0. The first-order valence-electron chi connectivity index (χ1n) is 7.12. The molecule has 1 aromatic rings. The summed E-state index contributed by atoms with van der Waals surface area (Å²) in [6, 6.07) is 5.20. The second-order valence-electron chi connectivity index (χ2n) is 5.45. The number of methoxy groups -OCH3 is 1. The van der Waals surface area contributed by atoms with Gasteiger partial charge in [-0.1, -0.05) is 6.07 Å². The van der Waals surface area contributed by atoms with E-state index >= 15 is 0 Å². The lowest BCUT2D eigenvalue weighted by Gasteiger charge is -2.13. The van der Waals surface area contributed by atoms with Crippen LogP contribution in [0.25, 0.3) is 0 Å². The number of benzene rings is 1. The van der Waals surface area contributed by atoms with Crippen molar-refractivity contribution in [2.45, 2.75) is 32.7 Å². The van der Waals surface area contributed by atoms with Crippen molar-refractivity contribution >= 4 is 11.9 Å². The second-order valence-corrected chi connectivity index (χ2v) is 5.45. The van der Waals surface area contributed by atoms with E-state index in [-0.39, 0.29) is 18.6 Å². The highest BCUT2D eigenvalue weighted by Crippen LogP contribution is 2.32. The Hall–Kier alpha value is -2.04. The standard InChI is InChI=1S/C16H21NO4/c1-10-4-5-13(8-14(10)20-3)16(19)21-9-15(18)17-11(2)12-6-7-12/h4-5,8,11-12H,6-7,9H2,1-3H3,(H,17,18)/t11-/m0/s1. The highest BCUT2D eigenvalue weighted by molar-refractivity contribution is 5.91. The van der Waals surface area contributed by atoms with Gasteiger partial charge in [0.25, 0.3) is 5.91 Å². The fraction of sp³-hybridized carbons (Fsp3) is 0.500. The molecule has 1 saturated carbocycles. The van der Waals surface area contributed by atoms with E-state index in [4.69, 9.17) is 9.47 Å². The number of carbonyl (C=O) groups excluding carboxylic acids is 2. The minimum atomic E-state index is -0.525. The molecule has 1 fully saturated rings. The van der Waals surface area contributed by atoms with Crippen molar-refractivity contribution in [3.05, 3.63) is 29.3 Å².